The van der Waals surface area contributed by atoms with Crippen LogP contribution in [0, 0.1) is 11.8 Å². The first-order valence-corrected chi connectivity index (χ1v) is 7.49. The van der Waals surface area contributed by atoms with Crippen LogP contribution >= 0.6 is 0 Å². The van der Waals surface area contributed by atoms with Gasteiger partial charge in [-0.15, -0.1) is 0 Å². The molecule has 0 fully saturated rings. The molecule has 0 bridgehead atoms. The van der Waals surface area contributed by atoms with E-state index < -0.39 is 21.3 Å². The maximum Gasteiger partial charge on any atom is 0.152 e. The molecule has 16 heavy (non-hydrogen) atoms. The van der Waals surface area contributed by atoms with Crippen molar-refractivity contribution < 1.29 is 12.8 Å². The summed E-state index contributed by atoms with van der Waals surface area (Å²) in [6, 6.07) is 0. The summed E-state index contributed by atoms with van der Waals surface area (Å²) in [5, 5.41) is -0.435. The standard InChI is InChI=1S/C11H24FNO2S/c1-8(2)10(7-13)11(12)5-6-16(14,15)9(3)4/h8-11H,5-7,13H2,1-4H3. The van der Waals surface area contributed by atoms with Gasteiger partial charge in [0.25, 0.3) is 0 Å². The summed E-state index contributed by atoms with van der Waals surface area (Å²) in [6.45, 7) is 7.31. The van der Waals surface area contributed by atoms with Crippen molar-refractivity contribution in [1.29, 1.82) is 0 Å². The second-order valence-electron chi connectivity index (χ2n) is 4.86. The molecule has 0 rings (SSSR count). The molecular weight excluding hydrogens is 229 g/mol. The zero-order chi connectivity index (χ0) is 12.9. The smallest absolute Gasteiger partial charge is 0.152 e. The van der Waals surface area contributed by atoms with Crippen LogP contribution in [-0.4, -0.2) is 32.1 Å². The van der Waals surface area contributed by atoms with Crippen LogP contribution < -0.4 is 5.73 Å². The topological polar surface area (TPSA) is 60.2 Å². The van der Waals surface area contributed by atoms with Gasteiger partial charge in [0.05, 0.1) is 11.0 Å². The van der Waals surface area contributed by atoms with Gasteiger partial charge in [-0.25, -0.2) is 12.8 Å². The lowest BCUT2D eigenvalue weighted by Gasteiger charge is -2.23. The Hall–Kier alpha value is -0.160. The predicted octanol–water partition coefficient (Wildman–Crippen LogP) is 1.77. The van der Waals surface area contributed by atoms with Crippen molar-refractivity contribution >= 4 is 9.84 Å². The van der Waals surface area contributed by atoms with Gasteiger partial charge in [-0.2, -0.15) is 0 Å². The lowest BCUT2D eigenvalue weighted by Crippen LogP contribution is -2.31. The molecule has 0 saturated carbocycles. The van der Waals surface area contributed by atoms with Crippen molar-refractivity contribution in [3.8, 4) is 0 Å². The largest absolute Gasteiger partial charge is 0.330 e. The number of rotatable bonds is 7. The Bertz CT molecular complexity index is 288. The molecule has 0 saturated heterocycles. The fourth-order valence-electron chi connectivity index (χ4n) is 1.56. The number of alkyl halides is 1. The Kier molecular flexibility index (Phi) is 6.48. The highest BCUT2D eigenvalue weighted by Crippen LogP contribution is 2.20. The van der Waals surface area contributed by atoms with Crippen molar-refractivity contribution in [2.24, 2.45) is 17.6 Å². The summed E-state index contributed by atoms with van der Waals surface area (Å²) in [5.74, 6) is -0.196. The molecule has 2 unspecified atom stereocenters. The normalized spacial score (nSPS) is 16.8. The van der Waals surface area contributed by atoms with Gasteiger partial charge in [-0.3, -0.25) is 0 Å². The predicted molar refractivity (Wildman–Crippen MR) is 65.8 cm³/mol. The van der Waals surface area contributed by atoms with Crippen LogP contribution in [0.1, 0.15) is 34.1 Å². The number of hydrogen-bond donors (Lipinski definition) is 1. The van der Waals surface area contributed by atoms with Crippen LogP contribution in [0.4, 0.5) is 4.39 Å². The van der Waals surface area contributed by atoms with Crippen molar-refractivity contribution in [3.05, 3.63) is 0 Å². The zero-order valence-corrected chi connectivity index (χ0v) is 11.4. The van der Waals surface area contributed by atoms with Gasteiger partial charge in [0, 0.05) is 5.92 Å². The van der Waals surface area contributed by atoms with Crippen LogP contribution in [0.3, 0.4) is 0 Å². The number of hydrogen-bond acceptors (Lipinski definition) is 3. The molecule has 0 aromatic heterocycles. The summed E-state index contributed by atoms with van der Waals surface area (Å²) in [4.78, 5) is 0. The highest BCUT2D eigenvalue weighted by molar-refractivity contribution is 7.91. The summed E-state index contributed by atoms with van der Waals surface area (Å²) in [6.07, 6.45) is -1.07. The lowest BCUT2D eigenvalue weighted by atomic mass is 9.90. The van der Waals surface area contributed by atoms with E-state index in [9.17, 15) is 12.8 Å². The van der Waals surface area contributed by atoms with E-state index >= 15 is 0 Å². The summed E-state index contributed by atoms with van der Waals surface area (Å²) < 4.78 is 36.8. The Balaban J connectivity index is 4.31. The summed E-state index contributed by atoms with van der Waals surface area (Å²) in [7, 11) is -3.14. The minimum atomic E-state index is -3.14. The molecule has 0 radical (unpaired) electrons. The van der Waals surface area contributed by atoms with E-state index in [2.05, 4.69) is 0 Å². The molecule has 5 heteroatoms. The van der Waals surface area contributed by atoms with Gasteiger partial charge in [0.1, 0.15) is 6.17 Å². The minimum absolute atomic E-state index is 0.0561. The van der Waals surface area contributed by atoms with Crippen LogP contribution in [0.15, 0.2) is 0 Å². The van der Waals surface area contributed by atoms with E-state index in [0.717, 1.165) is 0 Å². The Morgan fingerprint density at radius 1 is 1.19 bits per heavy atom. The van der Waals surface area contributed by atoms with Gasteiger partial charge in [0.15, 0.2) is 9.84 Å². The van der Waals surface area contributed by atoms with Gasteiger partial charge in [-0.05, 0) is 32.7 Å². The minimum Gasteiger partial charge on any atom is -0.330 e. The molecule has 0 aromatic rings. The molecule has 0 aliphatic heterocycles. The second kappa shape index (κ2) is 6.55. The Morgan fingerprint density at radius 2 is 1.69 bits per heavy atom. The lowest BCUT2D eigenvalue weighted by molar-refractivity contribution is 0.181. The fraction of sp³-hybridized carbons (Fsp3) is 1.00. The van der Waals surface area contributed by atoms with E-state index in [4.69, 9.17) is 5.73 Å². The van der Waals surface area contributed by atoms with Gasteiger partial charge in [-0.1, -0.05) is 13.8 Å². The van der Waals surface area contributed by atoms with Gasteiger partial charge in [0.2, 0.25) is 0 Å². The van der Waals surface area contributed by atoms with Crippen LogP contribution in [0.5, 0.6) is 0 Å². The van der Waals surface area contributed by atoms with E-state index in [1.807, 2.05) is 13.8 Å². The van der Waals surface area contributed by atoms with Crippen LogP contribution in [-0.2, 0) is 9.84 Å². The number of sulfone groups is 1. The molecule has 0 amide bonds. The molecule has 0 heterocycles. The first-order chi connectivity index (χ1) is 7.22. The molecule has 0 spiro atoms. The quantitative estimate of drug-likeness (QED) is 0.752. The van der Waals surface area contributed by atoms with Gasteiger partial charge < -0.3 is 5.73 Å². The highest BCUT2D eigenvalue weighted by atomic mass is 32.2. The van der Waals surface area contributed by atoms with Crippen molar-refractivity contribution in [2.45, 2.75) is 45.5 Å². The second-order valence-corrected chi connectivity index (χ2v) is 7.54. The Morgan fingerprint density at radius 3 is 2.00 bits per heavy atom. The first kappa shape index (κ1) is 15.8. The zero-order valence-electron chi connectivity index (χ0n) is 10.6. The molecule has 2 atom stereocenters. The average molecular weight is 253 g/mol. The molecule has 98 valence electrons. The highest BCUT2D eigenvalue weighted by Gasteiger charge is 2.25. The van der Waals surface area contributed by atoms with E-state index in [1.54, 1.807) is 13.8 Å². The molecule has 0 aromatic carbocycles. The molecule has 0 aliphatic carbocycles. The third kappa shape index (κ3) is 4.78. The van der Waals surface area contributed by atoms with Crippen molar-refractivity contribution in [1.82, 2.24) is 0 Å². The fourth-order valence-corrected chi connectivity index (χ4v) is 2.59. The SMILES string of the molecule is CC(C)C(CN)C(F)CCS(=O)(=O)C(C)C. The van der Waals surface area contributed by atoms with E-state index in [0.29, 0.717) is 0 Å². The van der Waals surface area contributed by atoms with Gasteiger partial charge >= 0.3 is 0 Å². The van der Waals surface area contributed by atoms with E-state index in [1.165, 1.54) is 0 Å². The number of nitrogens with two attached hydrogens (primary N) is 1. The van der Waals surface area contributed by atoms with E-state index in [-0.39, 0.29) is 30.6 Å². The number of halogens is 1. The van der Waals surface area contributed by atoms with Crippen molar-refractivity contribution in [2.75, 3.05) is 12.3 Å². The monoisotopic (exact) mass is 253 g/mol. The third-order valence-corrected chi connectivity index (χ3v) is 5.23. The maximum atomic E-state index is 13.8. The molecule has 0 aliphatic rings. The summed E-state index contributed by atoms with van der Waals surface area (Å²) in [5.41, 5.74) is 5.48. The third-order valence-electron chi connectivity index (χ3n) is 2.99. The van der Waals surface area contributed by atoms with Crippen molar-refractivity contribution in [3.63, 3.8) is 0 Å². The summed E-state index contributed by atoms with van der Waals surface area (Å²) >= 11 is 0. The molecular formula is C11H24FNO2S. The average Bonchev–Trinajstić information content (AvgIpc) is 2.15. The first-order valence-electron chi connectivity index (χ1n) is 5.78. The Labute approximate surface area is 98.5 Å². The van der Waals surface area contributed by atoms with Crippen LogP contribution in [0.25, 0.3) is 0 Å². The molecule has 2 N–H and O–H groups in total. The van der Waals surface area contributed by atoms with Crippen LogP contribution in [0.2, 0.25) is 0 Å². The maximum absolute atomic E-state index is 13.8. The molecule has 3 nitrogen and oxygen atoms in total.